The van der Waals surface area contributed by atoms with Crippen LogP contribution in [0.4, 0.5) is 5.69 Å². The summed E-state index contributed by atoms with van der Waals surface area (Å²) in [6.45, 7) is 11.2. The van der Waals surface area contributed by atoms with Crippen molar-refractivity contribution in [2.45, 2.75) is 84.7 Å². The van der Waals surface area contributed by atoms with Crippen LogP contribution in [-0.2, 0) is 22.6 Å². The maximum absolute atomic E-state index is 14.3. The molecule has 10 nitrogen and oxygen atoms in total. The second kappa shape index (κ2) is 16.2. The van der Waals surface area contributed by atoms with Gasteiger partial charge in [0.05, 0.1) is 25.9 Å². The highest BCUT2D eigenvalue weighted by Gasteiger charge is 2.57. The molecule has 3 aliphatic carbocycles. The van der Waals surface area contributed by atoms with E-state index in [1.54, 1.807) is 12.0 Å². The lowest BCUT2D eigenvalue weighted by atomic mass is 9.45. The second-order valence-electron chi connectivity index (χ2n) is 16.1. The number of hydroxylamine groups is 2. The highest BCUT2D eigenvalue weighted by atomic mass is 16.7. The lowest BCUT2D eigenvalue weighted by Crippen LogP contribution is -2.62. The molecule has 0 aromatic heterocycles. The minimum Gasteiger partial charge on any atom is -0.493 e. The van der Waals surface area contributed by atoms with E-state index < -0.39 is 24.2 Å². The van der Waals surface area contributed by atoms with E-state index in [1.165, 1.54) is 6.42 Å². The van der Waals surface area contributed by atoms with Crippen molar-refractivity contribution < 1.29 is 29.4 Å². The average molecular weight is 727 g/mol. The van der Waals surface area contributed by atoms with Crippen molar-refractivity contribution in [1.82, 2.24) is 15.7 Å². The number of rotatable bonds is 14. The van der Waals surface area contributed by atoms with Crippen molar-refractivity contribution in [2.24, 2.45) is 29.1 Å². The number of ether oxygens (including phenoxy) is 1. The average Bonchev–Trinajstić information content (AvgIpc) is 3.51. The van der Waals surface area contributed by atoms with Gasteiger partial charge in [-0.2, -0.15) is 5.06 Å². The van der Waals surface area contributed by atoms with E-state index in [0.29, 0.717) is 42.2 Å². The third kappa shape index (κ3) is 7.97. The van der Waals surface area contributed by atoms with Gasteiger partial charge in [-0.1, -0.05) is 69.3 Å². The molecule has 4 N–H and O–H groups in total. The van der Waals surface area contributed by atoms with E-state index in [-0.39, 0.29) is 36.4 Å². The summed E-state index contributed by atoms with van der Waals surface area (Å²) in [6.07, 6.45) is 1.22. The number of nitrogens with zero attached hydrogens (tertiary/aromatic N) is 2. The zero-order valence-corrected chi connectivity index (χ0v) is 32.3. The van der Waals surface area contributed by atoms with Crippen LogP contribution in [0.5, 0.6) is 5.75 Å². The summed E-state index contributed by atoms with van der Waals surface area (Å²) in [4.78, 5) is 36.0. The number of aliphatic hydroxyl groups excluding tert-OH is 2. The third-order valence-electron chi connectivity index (χ3n) is 12.3. The first-order valence-electron chi connectivity index (χ1n) is 19.3. The van der Waals surface area contributed by atoms with Crippen molar-refractivity contribution in [3.63, 3.8) is 0 Å². The highest BCUT2D eigenvalue weighted by Crippen LogP contribution is 2.61. The van der Waals surface area contributed by atoms with E-state index >= 15 is 0 Å². The number of fused-ring (bicyclic) bond motifs is 2. The molecular weight excluding hydrogens is 668 g/mol. The predicted octanol–water partition coefficient (Wildman–Crippen LogP) is 5.45. The lowest BCUT2D eigenvalue weighted by Gasteiger charge is -2.62. The minimum atomic E-state index is -0.896. The van der Waals surface area contributed by atoms with Gasteiger partial charge in [-0.15, -0.1) is 0 Å². The number of aliphatic hydroxyl groups is 2. The molecule has 1 saturated heterocycles. The Labute approximate surface area is 314 Å². The van der Waals surface area contributed by atoms with E-state index in [4.69, 9.17) is 9.57 Å². The minimum absolute atomic E-state index is 0.0416. The molecule has 3 aromatic carbocycles. The molecule has 53 heavy (non-hydrogen) atoms. The number of para-hydroxylation sites is 1. The Kier molecular flexibility index (Phi) is 11.8. The smallest absolute Gasteiger partial charge is 0.251 e. The molecule has 1 heterocycles. The number of carbonyl (C=O) groups excluding carboxylic acids is 2. The standard InChI is InChI=1S/C43H58N4O6/c1-8-52-40-29(15-12-16-34(40)30-19-31(21-33(20-30)46(6)7)41(50)44-18-17-28-13-10-9-11-14-28)24-47-39(38(27(3)49)37(25-48)53-47)42(51)45-36-23-32-22-35(26(36)2)43(32,4)5/h9-16,19-21,26-27,32,35-39,48-49H,8,17-18,22-25H2,1-7H3,(H,44,50)(H,45,51)/t26-,27-,32-,35-,36-,37-,38-,39-/m0/s1. The van der Waals surface area contributed by atoms with Crippen LogP contribution >= 0.6 is 0 Å². The number of anilines is 1. The quantitative estimate of drug-likeness (QED) is 0.173. The van der Waals surface area contributed by atoms with Gasteiger partial charge in [-0.3, -0.25) is 14.4 Å². The second-order valence-corrected chi connectivity index (χ2v) is 16.1. The van der Waals surface area contributed by atoms with Crippen LogP contribution < -0.4 is 20.3 Å². The SMILES string of the molecule is CCOc1c(CN2O[C@@H](CO)[C@H]([C@H](C)O)[C@H]2C(=O)N[C@H]2C[C@@H]3C[C@@H]([C@@H]2C)C3(C)C)cccc1-c1cc(C(=O)NCCc2ccccc2)cc(N(C)C)c1. The monoisotopic (exact) mass is 726 g/mol. The van der Waals surface area contributed by atoms with Crippen LogP contribution in [0.3, 0.4) is 0 Å². The number of hydrogen-bond donors (Lipinski definition) is 4. The van der Waals surface area contributed by atoms with E-state index in [2.05, 4.69) is 43.5 Å². The number of amides is 2. The lowest BCUT2D eigenvalue weighted by molar-refractivity contribution is -0.183. The summed E-state index contributed by atoms with van der Waals surface area (Å²) in [5, 5.41) is 29.4. The van der Waals surface area contributed by atoms with Crippen molar-refractivity contribution >= 4 is 17.5 Å². The van der Waals surface area contributed by atoms with Crippen LogP contribution in [0.15, 0.2) is 66.7 Å². The molecule has 4 fully saturated rings. The Morgan fingerprint density at radius 2 is 1.83 bits per heavy atom. The van der Waals surface area contributed by atoms with Crippen molar-refractivity contribution in [1.29, 1.82) is 0 Å². The first kappa shape index (κ1) is 38.8. The van der Waals surface area contributed by atoms with Gasteiger partial charge in [0, 0.05) is 55.0 Å². The third-order valence-corrected chi connectivity index (χ3v) is 12.3. The fourth-order valence-corrected chi connectivity index (χ4v) is 9.13. The summed E-state index contributed by atoms with van der Waals surface area (Å²) in [6, 6.07) is 21.0. The zero-order valence-electron chi connectivity index (χ0n) is 32.3. The summed E-state index contributed by atoms with van der Waals surface area (Å²) >= 11 is 0. The Balaban J connectivity index is 1.28. The molecule has 7 rings (SSSR count). The van der Waals surface area contributed by atoms with Gasteiger partial charge in [0.25, 0.3) is 5.91 Å². The van der Waals surface area contributed by atoms with E-state index in [0.717, 1.165) is 40.8 Å². The Morgan fingerprint density at radius 3 is 2.47 bits per heavy atom. The first-order chi connectivity index (χ1) is 25.3. The summed E-state index contributed by atoms with van der Waals surface area (Å²) < 4.78 is 6.35. The van der Waals surface area contributed by atoms with Gasteiger partial charge in [0.1, 0.15) is 17.9 Å². The molecule has 0 radical (unpaired) electrons. The highest BCUT2D eigenvalue weighted by molar-refractivity contribution is 5.97. The molecule has 286 valence electrons. The van der Waals surface area contributed by atoms with Gasteiger partial charge in [-0.25, -0.2) is 0 Å². The fraction of sp³-hybridized carbons (Fsp3) is 0.535. The van der Waals surface area contributed by atoms with Crippen LogP contribution in [-0.4, -0.2) is 85.2 Å². The molecule has 2 bridgehead atoms. The molecule has 3 saturated carbocycles. The molecule has 0 unspecified atom stereocenters. The van der Waals surface area contributed by atoms with Gasteiger partial charge in [0.15, 0.2) is 0 Å². The van der Waals surface area contributed by atoms with Gasteiger partial charge in [-0.05, 0) is 85.6 Å². The number of benzene rings is 3. The van der Waals surface area contributed by atoms with Crippen molar-refractivity contribution in [3.8, 4) is 16.9 Å². The number of carbonyl (C=O) groups is 2. The van der Waals surface area contributed by atoms with E-state index in [9.17, 15) is 19.8 Å². The maximum atomic E-state index is 14.3. The molecule has 10 heteroatoms. The van der Waals surface area contributed by atoms with Gasteiger partial charge in [0.2, 0.25) is 5.91 Å². The molecular formula is C43H58N4O6. The number of hydrogen-bond acceptors (Lipinski definition) is 8. The van der Waals surface area contributed by atoms with E-state index in [1.807, 2.05) is 80.5 Å². The van der Waals surface area contributed by atoms with Crippen LogP contribution in [0.25, 0.3) is 11.1 Å². The fourth-order valence-electron chi connectivity index (χ4n) is 9.13. The Hall–Kier alpha value is -3.96. The van der Waals surface area contributed by atoms with Crippen molar-refractivity contribution in [3.05, 3.63) is 83.4 Å². The topological polar surface area (TPSA) is 124 Å². The molecule has 2 amide bonds. The summed E-state index contributed by atoms with van der Waals surface area (Å²) in [5.74, 6) is 1.10. The maximum Gasteiger partial charge on any atom is 0.251 e. The number of nitrogens with one attached hydrogen (secondary N) is 2. The zero-order chi connectivity index (χ0) is 38.0. The van der Waals surface area contributed by atoms with Crippen LogP contribution in [0.1, 0.15) is 68.9 Å². The van der Waals surface area contributed by atoms with Crippen LogP contribution in [0.2, 0.25) is 0 Å². The first-order valence-corrected chi connectivity index (χ1v) is 19.3. The summed E-state index contributed by atoms with van der Waals surface area (Å²) in [7, 11) is 3.89. The molecule has 3 aromatic rings. The molecule has 8 atom stereocenters. The van der Waals surface area contributed by atoms with Crippen molar-refractivity contribution in [2.75, 3.05) is 38.8 Å². The predicted molar refractivity (Wildman–Crippen MR) is 207 cm³/mol. The normalized spacial score (nSPS) is 26.7. The Bertz CT molecular complexity index is 1750. The largest absolute Gasteiger partial charge is 0.493 e. The van der Waals surface area contributed by atoms with Crippen LogP contribution in [0, 0.1) is 29.1 Å². The molecule has 1 aliphatic heterocycles. The van der Waals surface area contributed by atoms with Gasteiger partial charge >= 0.3 is 0 Å². The van der Waals surface area contributed by atoms with Gasteiger partial charge < -0.3 is 30.5 Å². The Morgan fingerprint density at radius 1 is 1.08 bits per heavy atom. The summed E-state index contributed by atoms with van der Waals surface area (Å²) in [5.41, 5.74) is 5.24. The molecule has 4 aliphatic rings. The molecule has 0 spiro atoms.